The molecule has 2 N–H and O–H groups in total. The van der Waals surface area contributed by atoms with E-state index in [0.717, 1.165) is 0 Å². The Bertz CT molecular complexity index is 484. The lowest BCUT2D eigenvalue weighted by Crippen LogP contribution is -2.40. The third-order valence-corrected chi connectivity index (χ3v) is 3.09. The molecule has 0 radical (unpaired) electrons. The Hall–Kier alpha value is -2.31. The maximum absolute atomic E-state index is 11.9. The summed E-state index contributed by atoms with van der Waals surface area (Å²) < 4.78 is 4.97. The Labute approximate surface area is 122 Å². The fraction of sp³-hybridized carbons (Fsp3) is 0.500. The maximum Gasteiger partial charge on any atom is 0.303 e. The fourth-order valence-electron chi connectivity index (χ4n) is 1.80. The number of nitrogens with one attached hydrogen (secondary N) is 1. The van der Waals surface area contributed by atoms with Crippen molar-refractivity contribution in [3.63, 3.8) is 0 Å². The first-order valence-electron chi connectivity index (χ1n) is 6.71. The van der Waals surface area contributed by atoms with E-state index in [4.69, 9.17) is 9.52 Å². The van der Waals surface area contributed by atoms with E-state index in [1.807, 2.05) is 6.92 Å². The summed E-state index contributed by atoms with van der Waals surface area (Å²) in [5.74, 6) is -1.55. The minimum Gasteiger partial charge on any atom is -0.481 e. The van der Waals surface area contributed by atoms with E-state index in [2.05, 4.69) is 5.32 Å². The number of hydrogen-bond donors (Lipinski definition) is 2. The second-order valence-electron chi connectivity index (χ2n) is 4.81. The summed E-state index contributed by atoms with van der Waals surface area (Å²) in [5, 5.41) is 11.4. The lowest BCUT2D eigenvalue weighted by molar-refractivity contribution is -0.138. The molecule has 1 unspecified atom stereocenters. The summed E-state index contributed by atoms with van der Waals surface area (Å²) >= 11 is 0. The summed E-state index contributed by atoms with van der Waals surface area (Å²) in [6, 6.07) is 3.12. The number of nitrogens with zero attached hydrogens (tertiary/aromatic N) is 1. The van der Waals surface area contributed by atoms with Crippen LogP contribution in [0.15, 0.2) is 22.8 Å². The van der Waals surface area contributed by atoms with Gasteiger partial charge < -0.3 is 19.7 Å². The molecule has 0 fully saturated rings. The van der Waals surface area contributed by atoms with Gasteiger partial charge in [-0.25, -0.2) is 0 Å². The molecule has 1 aromatic heterocycles. The zero-order chi connectivity index (χ0) is 15.8. The highest BCUT2D eigenvalue weighted by molar-refractivity contribution is 5.94. The van der Waals surface area contributed by atoms with Gasteiger partial charge in [0, 0.05) is 20.0 Å². The predicted octanol–water partition coefficient (Wildman–Crippen LogP) is 0.969. The summed E-state index contributed by atoms with van der Waals surface area (Å²) in [6.07, 6.45) is 2.06. The molecule has 0 saturated heterocycles. The number of hydrogen-bond acceptors (Lipinski definition) is 4. The average molecular weight is 296 g/mol. The number of carboxylic acids is 1. The van der Waals surface area contributed by atoms with E-state index in [1.165, 1.54) is 24.3 Å². The van der Waals surface area contributed by atoms with Crippen molar-refractivity contribution in [2.45, 2.75) is 19.8 Å². The van der Waals surface area contributed by atoms with Crippen LogP contribution in [0.25, 0.3) is 0 Å². The zero-order valence-corrected chi connectivity index (χ0v) is 12.2. The van der Waals surface area contributed by atoms with Gasteiger partial charge in [0.25, 0.3) is 5.91 Å². The maximum atomic E-state index is 11.9. The first kappa shape index (κ1) is 16.7. The second kappa shape index (κ2) is 8.08. The van der Waals surface area contributed by atoms with Crippen LogP contribution in [0, 0.1) is 5.92 Å². The highest BCUT2D eigenvalue weighted by Gasteiger charge is 2.18. The van der Waals surface area contributed by atoms with E-state index in [1.54, 1.807) is 6.07 Å². The minimum absolute atomic E-state index is 0.0119. The minimum atomic E-state index is -0.888. The number of carboxylic acid groups (broad SMARTS) is 1. The molecule has 0 bridgehead atoms. The van der Waals surface area contributed by atoms with Crippen molar-refractivity contribution in [2.24, 2.45) is 5.92 Å². The van der Waals surface area contributed by atoms with Crippen LogP contribution in [-0.4, -0.2) is 47.9 Å². The van der Waals surface area contributed by atoms with Crippen LogP contribution in [0.5, 0.6) is 0 Å². The molecule has 7 nitrogen and oxygen atoms in total. The molecule has 0 aromatic carbocycles. The molecule has 0 saturated carbocycles. The van der Waals surface area contributed by atoms with Crippen molar-refractivity contribution in [1.29, 1.82) is 0 Å². The van der Waals surface area contributed by atoms with Gasteiger partial charge in [-0.15, -0.1) is 0 Å². The monoisotopic (exact) mass is 296 g/mol. The first-order valence-corrected chi connectivity index (χ1v) is 6.71. The number of likely N-dealkylation sites (N-methyl/N-ethyl adjacent to an activating group) is 1. The van der Waals surface area contributed by atoms with Crippen LogP contribution in [-0.2, 0) is 9.59 Å². The van der Waals surface area contributed by atoms with Crippen LogP contribution >= 0.6 is 0 Å². The lowest BCUT2D eigenvalue weighted by Gasteiger charge is -2.17. The molecule has 1 atom stereocenters. The summed E-state index contributed by atoms with van der Waals surface area (Å²) in [6.45, 7) is 2.04. The van der Waals surface area contributed by atoms with Crippen LogP contribution in [0.4, 0.5) is 0 Å². The highest BCUT2D eigenvalue weighted by Crippen LogP contribution is 2.07. The molecular weight excluding hydrogens is 276 g/mol. The third-order valence-electron chi connectivity index (χ3n) is 3.09. The summed E-state index contributed by atoms with van der Waals surface area (Å²) in [4.78, 5) is 35.5. The van der Waals surface area contributed by atoms with Crippen molar-refractivity contribution >= 4 is 17.8 Å². The molecule has 0 spiro atoms. The Kier molecular flexibility index (Phi) is 6.45. The Morgan fingerprint density at radius 2 is 2.14 bits per heavy atom. The summed E-state index contributed by atoms with van der Waals surface area (Å²) in [7, 11) is 1.50. The van der Waals surface area contributed by atoms with Crippen LogP contribution in [0.2, 0.25) is 0 Å². The summed E-state index contributed by atoms with van der Waals surface area (Å²) in [5.41, 5.74) is 0. The zero-order valence-electron chi connectivity index (χ0n) is 12.2. The van der Waals surface area contributed by atoms with E-state index >= 15 is 0 Å². The average Bonchev–Trinajstić information content (AvgIpc) is 2.96. The van der Waals surface area contributed by atoms with E-state index < -0.39 is 5.97 Å². The van der Waals surface area contributed by atoms with Crippen molar-refractivity contribution in [3.8, 4) is 0 Å². The van der Waals surface area contributed by atoms with E-state index in [0.29, 0.717) is 6.42 Å². The standard InChI is InChI=1S/C14H20N2O5/c1-3-10(7-13(18)19)8-15-12(17)9-16(2)14(20)11-5-4-6-21-11/h4-6,10H,3,7-9H2,1-2H3,(H,15,17)(H,18,19). The molecule has 1 aromatic rings. The number of rotatable bonds is 8. The van der Waals surface area contributed by atoms with Crippen molar-refractivity contribution in [1.82, 2.24) is 10.2 Å². The number of carbonyl (C=O) groups is 3. The molecule has 21 heavy (non-hydrogen) atoms. The van der Waals surface area contributed by atoms with Crippen molar-refractivity contribution < 1.29 is 23.9 Å². The molecule has 1 heterocycles. The lowest BCUT2D eigenvalue weighted by atomic mass is 10.0. The van der Waals surface area contributed by atoms with Gasteiger partial charge in [-0.2, -0.15) is 0 Å². The molecule has 0 aliphatic heterocycles. The van der Waals surface area contributed by atoms with Gasteiger partial charge in [-0.1, -0.05) is 13.3 Å². The molecule has 116 valence electrons. The molecule has 7 heteroatoms. The predicted molar refractivity (Wildman–Crippen MR) is 74.7 cm³/mol. The van der Waals surface area contributed by atoms with Gasteiger partial charge in [-0.3, -0.25) is 14.4 Å². The third kappa shape index (κ3) is 5.68. The van der Waals surface area contributed by atoms with Crippen molar-refractivity contribution in [2.75, 3.05) is 20.1 Å². The van der Waals surface area contributed by atoms with Gasteiger partial charge in [0.2, 0.25) is 5.91 Å². The normalized spacial score (nSPS) is 11.7. The Morgan fingerprint density at radius 3 is 2.67 bits per heavy atom. The van der Waals surface area contributed by atoms with Crippen LogP contribution < -0.4 is 5.32 Å². The van der Waals surface area contributed by atoms with Gasteiger partial charge in [-0.05, 0) is 18.1 Å². The smallest absolute Gasteiger partial charge is 0.303 e. The number of amides is 2. The van der Waals surface area contributed by atoms with Gasteiger partial charge in [0.15, 0.2) is 5.76 Å². The van der Waals surface area contributed by atoms with Gasteiger partial charge in [0.05, 0.1) is 12.8 Å². The highest BCUT2D eigenvalue weighted by atomic mass is 16.4. The van der Waals surface area contributed by atoms with Gasteiger partial charge >= 0.3 is 5.97 Å². The molecule has 2 amide bonds. The largest absolute Gasteiger partial charge is 0.481 e. The van der Waals surface area contributed by atoms with E-state index in [9.17, 15) is 14.4 Å². The quantitative estimate of drug-likeness (QED) is 0.744. The molecule has 0 aliphatic rings. The fourth-order valence-corrected chi connectivity index (χ4v) is 1.80. The number of aliphatic carboxylic acids is 1. The van der Waals surface area contributed by atoms with Crippen LogP contribution in [0.3, 0.4) is 0 Å². The number of carbonyl (C=O) groups excluding carboxylic acids is 2. The Morgan fingerprint density at radius 1 is 1.43 bits per heavy atom. The molecule has 0 aliphatic carbocycles. The Balaban J connectivity index is 2.39. The SMILES string of the molecule is CCC(CNC(=O)CN(C)C(=O)c1ccco1)CC(=O)O. The molecular formula is C14H20N2O5. The number of furan rings is 1. The van der Waals surface area contributed by atoms with Crippen molar-refractivity contribution in [3.05, 3.63) is 24.2 Å². The first-order chi connectivity index (χ1) is 9.93. The second-order valence-corrected chi connectivity index (χ2v) is 4.81. The molecule has 1 rings (SSSR count). The van der Waals surface area contributed by atoms with Gasteiger partial charge in [0.1, 0.15) is 0 Å². The van der Waals surface area contributed by atoms with E-state index in [-0.39, 0.29) is 43.0 Å². The topological polar surface area (TPSA) is 99.9 Å². The van der Waals surface area contributed by atoms with Crippen LogP contribution in [0.1, 0.15) is 30.3 Å².